The number of benzene rings is 1. The summed E-state index contributed by atoms with van der Waals surface area (Å²) in [6.45, 7) is 1.83. The van der Waals surface area contributed by atoms with E-state index in [9.17, 15) is 14.3 Å². The van der Waals surface area contributed by atoms with E-state index in [0.717, 1.165) is 5.69 Å². The van der Waals surface area contributed by atoms with Gasteiger partial charge in [0.1, 0.15) is 5.82 Å². The van der Waals surface area contributed by atoms with Crippen molar-refractivity contribution in [1.29, 1.82) is 0 Å². The van der Waals surface area contributed by atoms with Gasteiger partial charge >= 0.3 is 0 Å². The molecule has 3 aromatic rings. The second-order valence-electron chi connectivity index (χ2n) is 5.63. The maximum Gasteiger partial charge on any atom is 0.278 e. The van der Waals surface area contributed by atoms with Crippen molar-refractivity contribution in [2.75, 3.05) is 7.05 Å². The van der Waals surface area contributed by atoms with Gasteiger partial charge in [-0.3, -0.25) is 9.78 Å². The van der Waals surface area contributed by atoms with E-state index in [2.05, 4.69) is 10.1 Å². The Hall–Kier alpha value is -3.22. The summed E-state index contributed by atoms with van der Waals surface area (Å²) in [4.78, 5) is 18.4. The van der Waals surface area contributed by atoms with E-state index < -0.39 is 11.7 Å². The highest BCUT2D eigenvalue weighted by atomic mass is 19.1. The number of rotatable bonds is 4. The van der Waals surface area contributed by atoms with Gasteiger partial charge < -0.3 is 10.0 Å². The Morgan fingerprint density at radius 3 is 2.76 bits per heavy atom. The summed E-state index contributed by atoms with van der Waals surface area (Å²) < 4.78 is 14.6. The van der Waals surface area contributed by atoms with E-state index in [1.165, 1.54) is 34.0 Å². The van der Waals surface area contributed by atoms with Crippen molar-refractivity contribution in [1.82, 2.24) is 19.7 Å². The van der Waals surface area contributed by atoms with Crippen LogP contribution in [-0.2, 0) is 0 Å². The first-order chi connectivity index (χ1) is 12.0. The molecule has 3 rings (SSSR count). The molecular weight excluding hydrogens is 323 g/mol. The Labute approximate surface area is 144 Å². The Bertz CT molecular complexity index is 895. The first-order valence-electron chi connectivity index (χ1n) is 7.70. The van der Waals surface area contributed by atoms with Gasteiger partial charge in [-0.2, -0.15) is 5.10 Å². The first-order valence-corrected chi connectivity index (χ1v) is 7.70. The van der Waals surface area contributed by atoms with Crippen molar-refractivity contribution in [2.24, 2.45) is 0 Å². The van der Waals surface area contributed by atoms with Crippen LogP contribution < -0.4 is 0 Å². The van der Waals surface area contributed by atoms with Crippen molar-refractivity contribution in [2.45, 2.75) is 13.0 Å². The predicted octanol–water partition coefficient (Wildman–Crippen LogP) is 2.95. The quantitative estimate of drug-likeness (QED) is 0.793. The number of nitrogens with zero attached hydrogens (tertiary/aromatic N) is 4. The largest absolute Gasteiger partial charge is 0.504 e. The summed E-state index contributed by atoms with van der Waals surface area (Å²) in [5.41, 5.74) is 1.03. The summed E-state index contributed by atoms with van der Waals surface area (Å²) in [7, 11) is 1.61. The maximum absolute atomic E-state index is 13.4. The van der Waals surface area contributed by atoms with Gasteiger partial charge in [0.05, 0.1) is 23.6 Å². The van der Waals surface area contributed by atoms with Crippen molar-refractivity contribution < 1.29 is 14.3 Å². The van der Waals surface area contributed by atoms with Crippen LogP contribution in [0.5, 0.6) is 5.75 Å². The topological polar surface area (TPSA) is 71.2 Å². The van der Waals surface area contributed by atoms with Crippen LogP contribution in [0.15, 0.2) is 54.9 Å². The Balaban J connectivity index is 1.87. The van der Waals surface area contributed by atoms with E-state index in [0.29, 0.717) is 5.69 Å². The Morgan fingerprint density at radius 1 is 1.28 bits per heavy atom. The molecule has 0 spiro atoms. The number of carbonyl (C=O) groups excluding carboxylic acids is 1. The first kappa shape index (κ1) is 16.6. The molecule has 7 heteroatoms. The minimum Gasteiger partial charge on any atom is -0.504 e. The Morgan fingerprint density at radius 2 is 2.08 bits per heavy atom. The number of hydrogen-bond acceptors (Lipinski definition) is 4. The number of amides is 1. The van der Waals surface area contributed by atoms with Crippen molar-refractivity contribution in [3.05, 3.63) is 72.1 Å². The molecule has 0 aliphatic heterocycles. The molecule has 1 atom stereocenters. The summed E-state index contributed by atoms with van der Waals surface area (Å²) in [6.07, 6.45) is 2.93. The van der Waals surface area contributed by atoms with Crippen LogP contribution in [-0.4, -0.2) is 37.7 Å². The highest BCUT2D eigenvalue weighted by molar-refractivity contribution is 5.94. The molecule has 0 unspecified atom stereocenters. The third-order valence-electron chi connectivity index (χ3n) is 3.99. The van der Waals surface area contributed by atoms with Crippen LogP contribution in [0.3, 0.4) is 0 Å². The Kier molecular flexibility index (Phi) is 4.47. The number of pyridine rings is 1. The molecule has 0 radical (unpaired) electrons. The van der Waals surface area contributed by atoms with E-state index in [1.54, 1.807) is 25.4 Å². The zero-order chi connectivity index (χ0) is 18.0. The molecule has 0 aliphatic carbocycles. The minimum atomic E-state index is -0.453. The molecule has 0 saturated heterocycles. The predicted molar refractivity (Wildman–Crippen MR) is 89.9 cm³/mol. The molecule has 1 N–H and O–H groups in total. The van der Waals surface area contributed by atoms with Gasteiger partial charge in [0, 0.05) is 13.2 Å². The number of aromatic nitrogens is 3. The number of carbonyl (C=O) groups is 1. The fraction of sp³-hybridized carbons (Fsp3) is 0.167. The van der Waals surface area contributed by atoms with Gasteiger partial charge in [-0.05, 0) is 37.3 Å². The number of aromatic hydroxyl groups is 1. The molecule has 1 amide bonds. The van der Waals surface area contributed by atoms with E-state index in [1.807, 2.05) is 19.1 Å². The lowest BCUT2D eigenvalue weighted by molar-refractivity contribution is 0.0730. The lowest BCUT2D eigenvalue weighted by atomic mass is 10.2. The average Bonchev–Trinajstić information content (AvgIpc) is 3.02. The van der Waals surface area contributed by atoms with E-state index in [4.69, 9.17) is 0 Å². The molecule has 0 bridgehead atoms. The third-order valence-corrected chi connectivity index (χ3v) is 3.99. The molecule has 0 aliphatic rings. The molecular formula is C18H17FN4O2. The summed E-state index contributed by atoms with van der Waals surface area (Å²) in [5, 5.41) is 14.2. The van der Waals surface area contributed by atoms with Crippen LogP contribution in [0.4, 0.5) is 4.39 Å². The lowest BCUT2D eigenvalue weighted by Gasteiger charge is -2.23. The standard InChI is InChI=1S/C18H17FN4O2/c1-12(15-8-3-4-9-20-15)22(2)18(25)17-16(24)11-23(21-17)14-7-5-6-13(19)10-14/h3-12,24H,1-2H3/t12-/m0/s1. The molecule has 0 saturated carbocycles. The highest BCUT2D eigenvalue weighted by Crippen LogP contribution is 2.24. The monoisotopic (exact) mass is 340 g/mol. The van der Waals surface area contributed by atoms with Gasteiger partial charge in [-0.25, -0.2) is 9.07 Å². The third kappa shape index (κ3) is 3.35. The number of hydrogen-bond donors (Lipinski definition) is 1. The highest BCUT2D eigenvalue weighted by Gasteiger charge is 2.25. The average molecular weight is 340 g/mol. The van der Waals surface area contributed by atoms with Crippen molar-refractivity contribution >= 4 is 5.91 Å². The molecule has 25 heavy (non-hydrogen) atoms. The zero-order valence-corrected chi connectivity index (χ0v) is 13.8. The van der Waals surface area contributed by atoms with Crippen LogP contribution in [0.2, 0.25) is 0 Å². The fourth-order valence-corrected chi connectivity index (χ4v) is 2.43. The van der Waals surface area contributed by atoms with E-state index >= 15 is 0 Å². The molecule has 1 aromatic carbocycles. The summed E-state index contributed by atoms with van der Waals surface area (Å²) >= 11 is 0. The molecule has 6 nitrogen and oxygen atoms in total. The second-order valence-corrected chi connectivity index (χ2v) is 5.63. The summed E-state index contributed by atoms with van der Waals surface area (Å²) in [5.74, 6) is -1.15. The fourth-order valence-electron chi connectivity index (χ4n) is 2.43. The maximum atomic E-state index is 13.4. The minimum absolute atomic E-state index is 0.102. The van der Waals surface area contributed by atoms with E-state index in [-0.39, 0.29) is 17.5 Å². The molecule has 2 aromatic heterocycles. The number of halogens is 1. The SMILES string of the molecule is C[C@@H](c1ccccn1)N(C)C(=O)c1nn(-c2cccc(F)c2)cc1O. The zero-order valence-electron chi connectivity index (χ0n) is 13.8. The molecule has 2 heterocycles. The molecule has 128 valence electrons. The van der Waals surface area contributed by atoms with Gasteiger partial charge in [-0.15, -0.1) is 0 Å². The van der Waals surface area contributed by atoms with Crippen LogP contribution >= 0.6 is 0 Å². The molecule has 0 fully saturated rings. The van der Waals surface area contributed by atoms with Crippen LogP contribution in [0.25, 0.3) is 5.69 Å². The van der Waals surface area contributed by atoms with Gasteiger partial charge in [0.2, 0.25) is 0 Å². The van der Waals surface area contributed by atoms with Gasteiger partial charge in [0.25, 0.3) is 5.91 Å². The normalized spacial score (nSPS) is 12.0. The van der Waals surface area contributed by atoms with Crippen LogP contribution in [0.1, 0.15) is 29.1 Å². The van der Waals surface area contributed by atoms with Crippen molar-refractivity contribution in [3.8, 4) is 11.4 Å². The summed E-state index contributed by atoms with van der Waals surface area (Å²) in [6, 6.07) is 10.9. The second kappa shape index (κ2) is 6.72. The van der Waals surface area contributed by atoms with Gasteiger partial charge in [0.15, 0.2) is 11.4 Å². The van der Waals surface area contributed by atoms with Crippen molar-refractivity contribution in [3.63, 3.8) is 0 Å². The van der Waals surface area contributed by atoms with Gasteiger partial charge in [-0.1, -0.05) is 12.1 Å². The lowest BCUT2D eigenvalue weighted by Crippen LogP contribution is -2.30. The van der Waals surface area contributed by atoms with Crippen LogP contribution in [0, 0.1) is 5.82 Å². The smallest absolute Gasteiger partial charge is 0.278 e.